The first kappa shape index (κ1) is 13.1. The molecule has 0 radical (unpaired) electrons. The van der Waals surface area contributed by atoms with Crippen molar-refractivity contribution in [3.63, 3.8) is 0 Å². The molecule has 19 heavy (non-hydrogen) atoms. The summed E-state index contributed by atoms with van der Waals surface area (Å²) in [4.78, 5) is 11.9. The Kier molecular flexibility index (Phi) is 3.85. The van der Waals surface area contributed by atoms with E-state index in [1.54, 1.807) is 18.2 Å². The molecule has 0 saturated heterocycles. The van der Waals surface area contributed by atoms with Crippen LogP contribution in [0, 0.1) is 13.8 Å². The number of nitrogens with one attached hydrogen (secondary N) is 1. The summed E-state index contributed by atoms with van der Waals surface area (Å²) in [7, 11) is 0. The maximum atomic E-state index is 11.9. The average Bonchev–Trinajstić information content (AvgIpc) is 2.75. The van der Waals surface area contributed by atoms with Gasteiger partial charge in [0.25, 0.3) is 0 Å². The Bertz CT molecular complexity index is 623. The largest absolute Gasteiger partial charge is 0.458 e. The predicted octanol–water partition coefficient (Wildman–Crippen LogP) is 4.10. The van der Waals surface area contributed by atoms with Gasteiger partial charge in [-0.2, -0.15) is 0 Å². The van der Waals surface area contributed by atoms with Gasteiger partial charge in [-0.05, 0) is 50.6 Å². The monoisotopic (exact) mass is 255 g/mol. The Hall–Kier alpha value is -2.29. The van der Waals surface area contributed by atoms with E-state index in [1.807, 2.05) is 45.0 Å². The molecular formula is C16H17NO2. The summed E-state index contributed by atoms with van der Waals surface area (Å²) < 4.78 is 5.29. The maximum absolute atomic E-state index is 11.9. The van der Waals surface area contributed by atoms with Crippen molar-refractivity contribution in [3.05, 3.63) is 65.3 Å². The molecular weight excluding hydrogens is 238 g/mol. The lowest BCUT2D eigenvalue weighted by molar-refractivity contribution is 0.102. The lowest BCUT2D eigenvalue weighted by Gasteiger charge is -2.06. The van der Waals surface area contributed by atoms with E-state index < -0.39 is 0 Å². The van der Waals surface area contributed by atoms with Crippen molar-refractivity contribution >= 4 is 11.5 Å². The van der Waals surface area contributed by atoms with Crippen LogP contribution in [0.4, 0.5) is 5.69 Å². The van der Waals surface area contributed by atoms with Crippen LogP contribution in [0.5, 0.6) is 0 Å². The molecule has 0 aliphatic heterocycles. The molecule has 1 N–H and O–H groups in total. The highest BCUT2D eigenvalue weighted by atomic mass is 16.3. The predicted molar refractivity (Wildman–Crippen MR) is 76.3 cm³/mol. The summed E-state index contributed by atoms with van der Waals surface area (Å²) in [5.74, 6) is 0.967. The third-order valence-corrected chi connectivity index (χ3v) is 2.69. The molecule has 0 bridgehead atoms. The Morgan fingerprint density at radius 2 is 2.00 bits per heavy atom. The minimum Gasteiger partial charge on any atom is -0.458 e. The minimum atomic E-state index is -0.134. The quantitative estimate of drug-likeness (QED) is 0.660. The second kappa shape index (κ2) is 5.57. The molecule has 0 spiro atoms. The molecule has 98 valence electrons. The van der Waals surface area contributed by atoms with Crippen LogP contribution in [-0.2, 0) is 0 Å². The summed E-state index contributed by atoms with van der Waals surface area (Å²) in [6.07, 6.45) is 1.54. The first-order valence-corrected chi connectivity index (χ1v) is 6.17. The van der Waals surface area contributed by atoms with Crippen molar-refractivity contribution in [2.24, 2.45) is 0 Å². The van der Waals surface area contributed by atoms with E-state index in [0.29, 0.717) is 5.76 Å². The number of carbonyl (C=O) groups is 1. The molecule has 0 aliphatic carbocycles. The number of aryl methyl sites for hydroxylation is 2. The van der Waals surface area contributed by atoms with Gasteiger partial charge in [0.1, 0.15) is 5.76 Å². The molecule has 0 atom stereocenters. The molecule has 2 rings (SSSR count). The highest BCUT2D eigenvalue weighted by molar-refractivity contribution is 6.03. The van der Waals surface area contributed by atoms with Gasteiger partial charge in [-0.1, -0.05) is 12.1 Å². The number of rotatable bonds is 4. The maximum Gasteiger partial charge on any atom is 0.222 e. The zero-order valence-corrected chi connectivity index (χ0v) is 11.4. The number of anilines is 1. The van der Waals surface area contributed by atoms with E-state index in [0.717, 1.165) is 17.1 Å². The summed E-state index contributed by atoms with van der Waals surface area (Å²) in [6.45, 7) is 5.70. The Morgan fingerprint density at radius 3 is 2.63 bits per heavy atom. The molecule has 0 saturated carbocycles. The summed E-state index contributed by atoms with van der Waals surface area (Å²) in [5.41, 5.74) is 2.92. The van der Waals surface area contributed by atoms with Crippen LogP contribution >= 0.6 is 0 Å². The third-order valence-electron chi connectivity index (χ3n) is 2.69. The SMILES string of the molecule is C/C(=C\C(=O)c1ccc(C)o1)Nc1cccc(C)c1. The van der Waals surface area contributed by atoms with Gasteiger partial charge in [0, 0.05) is 17.5 Å². The molecule has 0 fully saturated rings. The van der Waals surface area contributed by atoms with E-state index in [1.165, 1.54) is 5.56 Å². The van der Waals surface area contributed by atoms with Crippen LogP contribution in [0.1, 0.15) is 28.8 Å². The molecule has 3 nitrogen and oxygen atoms in total. The van der Waals surface area contributed by atoms with Crippen molar-refractivity contribution in [1.82, 2.24) is 0 Å². The third kappa shape index (κ3) is 3.58. The van der Waals surface area contributed by atoms with Gasteiger partial charge in [-0.15, -0.1) is 0 Å². The second-order valence-corrected chi connectivity index (χ2v) is 4.60. The first-order chi connectivity index (χ1) is 9.04. The van der Waals surface area contributed by atoms with Gasteiger partial charge >= 0.3 is 0 Å². The van der Waals surface area contributed by atoms with Crippen LogP contribution < -0.4 is 5.32 Å². The van der Waals surface area contributed by atoms with Crippen LogP contribution in [0.3, 0.4) is 0 Å². The molecule has 0 amide bonds. The highest BCUT2D eigenvalue weighted by Crippen LogP contribution is 2.13. The van der Waals surface area contributed by atoms with Crippen LogP contribution in [0.2, 0.25) is 0 Å². The molecule has 1 heterocycles. The smallest absolute Gasteiger partial charge is 0.222 e. The van der Waals surface area contributed by atoms with Crippen molar-refractivity contribution in [2.75, 3.05) is 5.32 Å². The van der Waals surface area contributed by atoms with Gasteiger partial charge in [-0.3, -0.25) is 4.79 Å². The van der Waals surface area contributed by atoms with Gasteiger partial charge in [0.2, 0.25) is 5.78 Å². The topological polar surface area (TPSA) is 42.2 Å². The van der Waals surface area contributed by atoms with Crippen molar-refractivity contribution < 1.29 is 9.21 Å². The Balaban J connectivity index is 2.09. The molecule has 1 aromatic heterocycles. The zero-order valence-electron chi connectivity index (χ0n) is 11.4. The average molecular weight is 255 g/mol. The fourth-order valence-corrected chi connectivity index (χ4v) is 1.82. The number of carbonyl (C=O) groups excluding carboxylic acids is 1. The van der Waals surface area contributed by atoms with Crippen LogP contribution in [0.25, 0.3) is 0 Å². The number of allylic oxidation sites excluding steroid dienone is 2. The zero-order chi connectivity index (χ0) is 13.8. The number of benzene rings is 1. The van der Waals surface area contributed by atoms with Gasteiger partial charge in [0.05, 0.1) is 0 Å². The summed E-state index contributed by atoms with van der Waals surface area (Å²) in [6, 6.07) is 11.5. The summed E-state index contributed by atoms with van der Waals surface area (Å²) >= 11 is 0. The van der Waals surface area contributed by atoms with E-state index in [-0.39, 0.29) is 5.78 Å². The minimum absolute atomic E-state index is 0.134. The number of hydrogen-bond donors (Lipinski definition) is 1. The highest BCUT2D eigenvalue weighted by Gasteiger charge is 2.07. The van der Waals surface area contributed by atoms with Crippen molar-refractivity contribution in [1.29, 1.82) is 0 Å². The molecule has 1 aromatic carbocycles. The van der Waals surface area contributed by atoms with Crippen molar-refractivity contribution in [3.8, 4) is 0 Å². The normalized spacial score (nSPS) is 11.4. The first-order valence-electron chi connectivity index (χ1n) is 6.17. The standard InChI is InChI=1S/C16H17NO2/c1-11-5-4-6-14(9-11)17-12(2)10-15(18)16-8-7-13(3)19-16/h4-10,17H,1-3H3/b12-10+. The van der Waals surface area contributed by atoms with E-state index >= 15 is 0 Å². The fourth-order valence-electron chi connectivity index (χ4n) is 1.82. The number of hydrogen-bond acceptors (Lipinski definition) is 3. The molecule has 3 heteroatoms. The van der Waals surface area contributed by atoms with Crippen LogP contribution in [0.15, 0.2) is 52.6 Å². The van der Waals surface area contributed by atoms with E-state index in [4.69, 9.17) is 4.42 Å². The van der Waals surface area contributed by atoms with E-state index in [9.17, 15) is 4.79 Å². The van der Waals surface area contributed by atoms with Crippen LogP contribution in [-0.4, -0.2) is 5.78 Å². The Morgan fingerprint density at radius 1 is 1.21 bits per heavy atom. The lowest BCUT2D eigenvalue weighted by Crippen LogP contribution is -2.00. The number of ketones is 1. The summed E-state index contributed by atoms with van der Waals surface area (Å²) in [5, 5.41) is 3.19. The van der Waals surface area contributed by atoms with E-state index in [2.05, 4.69) is 5.32 Å². The molecule has 0 unspecified atom stereocenters. The van der Waals surface area contributed by atoms with Gasteiger partial charge < -0.3 is 9.73 Å². The van der Waals surface area contributed by atoms with Crippen molar-refractivity contribution in [2.45, 2.75) is 20.8 Å². The molecule has 2 aromatic rings. The fraction of sp³-hybridized carbons (Fsp3) is 0.188. The Labute approximate surface area is 112 Å². The number of furan rings is 1. The lowest BCUT2D eigenvalue weighted by atomic mass is 10.2. The molecule has 0 aliphatic rings. The van der Waals surface area contributed by atoms with Gasteiger partial charge in [-0.25, -0.2) is 0 Å². The van der Waals surface area contributed by atoms with Gasteiger partial charge in [0.15, 0.2) is 5.76 Å². The second-order valence-electron chi connectivity index (χ2n) is 4.60.